The molecule has 0 heterocycles. The lowest BCUT2D eigenvalue weighted by atomic mass is 9.95. The van der Waals surface area contributed by atoms with Crippen LogP contribution in [-0.2, 0) is 0 Å². The normalized spacial score (nSPS) is 10.9. The van der Waals surface area contributed by atoms with Crippen LogP contribution in [-0.4, -0.2) is 58.0 Å². The first kappa shape index (κ1) is 20.6. The lowest BCUT2D eigenvalue weighted by molar-refractivity contribution is 0.0734. The van der Waals surface area contributed by atoms with Crippen LogP contribution in [0.25, 0.3) is 10.8 Å². The fourth-order valence-electron chi connectivity index (χ4n) is 3.31. The highest BCUT2D eigenvalue weighted by atomic mass is 16.3. The zero-order chi connectivity index (χ0) is 20.3. The van der Waals surface area contributed by atoms with Gasteiger partial charge in [-0.1, -0.05) is 0 Å². The summed E-state index contributed by atoms with van der Waals surface area (Å²) in [6, 6.07) is 4.71. The minimum atomic E-state index is -0.246. The van der Waals surface area contributed by atoms with Gasteiger partial charge in [-0.15, -0.1) is 0 Å². The van der Waals surface area contributed by atoms with E-state index in [0.29, 0.717) is 53.6 Å². The van der Waals surface area contributed by atoms with Gasteiger partial charge in [-0.05, 0) is 63.6 Å². The van der Waals surface area contributed by atoms with Gasteiger partial charge in [0.1, 0.15) is 0 Å². The minimum absolute atomic E-state index is 0.216. The Hall–Kier alpha value is -2.76. The van der Waals surface area contributed by atoms with Crippen molar-refractivity contribution in [3.05, 3.63) is 34.9 Å². The van der Waals surface area contributed by atoms with Crippen LogP contribution in [0.5, 0.6) is 11.5 Å². The first-order valence-corrected chi connectivity index (χ1v) is 9.38. The molecule has 0 bridgehead atoms. The molecule has 0 unspecified atom stereocenters. The molecule has 0 aliphatic rings. The third-order valence-corrected chi connectivity index (χ3v) is 5.05. The molecule has 2 aromatic carbocycles. The van der Waals surface area contributed by atoms with E-state index in [1.165, 1.54) is 6.07 Å². The van der Waals surface area contributed by atoms with Crippen molar-refractivity contribution in [1.29, 1.82) is 0 Å². The Morgan fingerprint density at radius 2 is 1.26 bits per heavy atom. The summed E-state index contributed by atoms with van der Waals surface area (Å²) in [6.07, 6.45) is 0. The lowest BCUT2D eigenvalue weighted by Crippen LogP contribution is -2.35. The van der Waals surface area contributed by atoms with Crippen LogP contribution < -0.4 is 0 Å². The molecule has 0 saturated heterocycles. The molecule has 0 radical (unpaired) electrons. The predicted octanol–water partition coefficient (Wildman–Crippen LogP) is 3.52. The number of benzene rings is 2. The molecule has 0 aliphatic heterocycles. The van der Waals surface area contributed by atoms with Gasteiger partial charge in [-0.3, -0.25) is 9.59 Å². The highest BCUT2D eigenvalue weighted by Crippen LogP contribution is 2.36. The Balaban J connectivity index is 2.80. The molecule has 27 heavy (non-hydrogen) atoms. The van der Waals surface area contributed by atoms with E-state index in [1.54, 1.807) is 28.9 Å². The second-order valence-electron chi connectivity index (χ2n) is 6.44. The number of phenolic OH excluding ortho intramolecular Hbond substituents is 2. The molecular weight excluding hydrogens is 344 g/mol. The van der Waals surface area contributed by atoms with Crippen LogP contribution in [0.4, 0.5) is 0 Å². The summed E-state index contributed by atoms with van der Waals surface area (Å²) in [5, 5.41) is 21.3. The van der Waals surface area contributed by atoms with Gasteiger partial charge in [-0.2, -0.15) is 0 Å². The molecule has 6 nitrogen and oxygen atoms in total. The van der Waals surface area contributed by atoms with E-state index in [4.69, 9.17) is 0 Å². The van der Waals surface area contributed by atoms with Crippen molar-refractivity contribution in [2.24, 2.45) is 0 Å². The smallest absolute Gasteiger partial charge is 0.254 e. The molecule has 146 valence electrons. The van der Waals surface area contributed by atoms with E-state index in [9.17, 15) is 19.8 Å². The van der Waals surface area contributed by atoms with Gasteiger partial charge in [-0.25, -0.2) is 0 Å². The molecule has 2 amide bonds. The summed E-state index contributed by atoms with van der Waals surface area (Å²) in [5.41, 5.74) is 1.10. The maximum atomic E-state index is 13.1. The van der Waals surface area contributed by atoms with E-state index in [1.807, 2.05) is 27.7 Å². The molecule has 0 fully saturated rings. The molecule has 2 aromatic rings. The highest BCUT2D eigenvalue weighted by molar-refractivity contribution is 6.11. The van der Waals surface area contributed by atoms with Crippen molar-refractivity contribution in [2.75, 3.05) is 26.2 Å². The number of nitrogens with zero attached hydrogens (tertiary/aromatic N) is 2. The fraction of sp³-hybridized carbons (Fsp3) is 0.429. The molecule has 2 rings (SSSR count). The van der Waals surface area contributed by atoms with Gasteiger partial charge in [0.2, 0.25) is 0 Å². The molecule has 6 heteroatoms. The van der Waals surface area contributed by atoms with Crippen LogP contribution in [0.2, 0.25) is 0 Å². The van der Waals surface area contributed by atoms with Crippen LogP contribution in [0.15, 0.2) is 18.2 Å². The molecule has 0 spiro atoms. The van der Waals surface area contributed by atoms with Crippen molar-refractivity contribution < 1.29 is 19.8 Å². The van der Waals surface area contributed by atoms with Crippen molar-refractivity contribution in [2.45, 2.75) is 34.6 Å². The van der Waals surface area contributed by atoms with Gasteiger partial charge in [0.25, 0.3) is 11.8 Å². The van der Waals surface area contributed by atoms with Crippen LogP contribution in [0.3, 0.4) is 0 Å². The number of carbonyl (C=O) groups is 2. The Kier molecular flexibility index (Phi) is 6.31. The number of fused-ring (bicyclic) bond motifs is 1. The molecule has 0 atom stereocenters. The van der Waals surface area contributed by atoms with Gasteiger partial charge in [0, 0.05) is 31.7 Å². The van der Waals surface area contributed by atoms with Gasteiger partial charge in [0.05, 0.1) is 11.1 Å². The van der Waals surface area contributed by atoms with Crippen LogP contribution in [0, 0.1) is 6.92 Å². The maximum absolute atomic E-state index is 13.1. The average molecular weight is 372 g/mol. The van der Waals surface area contributed by atoms with E-state index in [2.05, 4.69) is 0 Å². The first-order chi connectivity index (χ1) is 12.8. The quantitative estimate of drug-likeness (QED) is 0.760. The first-order valence-electron chi connectivity index (χ1n) is 9.38. The van der Waals surface area contributed by atoms with Crippen molar-refractivity contribution in [3.8, 4) is 11.5 Å². The summed E-state index contributed by atoms with van der Waals surface area (Å²) in [4.78, 5) is 29.5. The summed E-state index contributed by atoms with van der Waals surface area (Å²) in [5.74, 6) is -0.900. The number of aromatic hydroxyl groups is 2. The Morgan fingerprint density at radius 3 is 1.70 bits per heavy atom. The molecule has 0 aromatic heterocycles. The van der Waals surface area contributed by atoms with E-state index in [0.717, 1.165) is 0 Å². The summed E-state index contributed by atoms with van der Waals surface area (Å²) < 4.78 is 0. The largest absolute Gasteiger partial charge is 0.504 e. The second kappa shape index (κ2) is 8.29. The molecular formula is C21H28N2O4. The topological polar surface area (TPSA) is 81.1 Å². The minimum Gasteiger partial charge on any atom is -0.504 e. The zero-order valence-electron chi connectivity index (χ0n) is 16.7. The number of hydrogen-bond acceptors (Lipinski definition) is 4. The van der Waals surface area contributed by atoms with Gasteiger partial charge < -0.3 is 20.0 Å². The van der Waals surface area contributed by atoms with E-state index in [-0.39, 0.29) is 23.3 Å². The monoisotopic (exact) mass is 372 g/mol. The average Bonchev–Trinajstić information content (AvgIpc) is 2.67. The molecule has 0 aliphatic carbocycles. The fourth-order valence-corrected chi connectivity index (χ4v) is 3.31. The Morgan fingerprint density at radius 1 is 0.815 bits per heavy atom. The Labute approximate surface area is 160 Å². The summed E-state index contributed by atoms with van der Waals surface area (Å²) >= 11 is 0. The summed E-state index contributed by atoms with van der Waals surface area (Å²) in [7, 11) is 0. The van der Waals surface area contributed by atoms with E-state index < -0.39 is 0 Å². The number of aryl methyl sites for hydroxylation is 1. The van der Waals surface area contributed by atoms with Crippen LogP contribution >= 0.6 is 0 Å². The van der Waals surface area contributed by atoms with Crippen molar-refractivity contribution in [1.82, 2.24) is 9.80 Å². The standard InChI is InChI=1S/C21H28N2O4/c1-6-22(7-2)20(26)16-10-14-11-18(24)19(25)13(5)15(14)12-17(16)21(27)23(8-3)9-4/h10-12,24-25H,6-9H2,1-5H3. The van der Waals surface area contributed by atoms with Crippen LogP contribution in [0.1, 0.15) is 54.0 Å². The Bertz CT molecular complexity index is 868. The maximum Gasteiger partial charge on any atom is 0.254 e. The number of hydrogen-bond donors (Lipinski definition) is 2. The summed E-state index contributed by atoms with van der Waals surface area (Å²) in [6.45, 7) is 11.4. The number of rotatable bonds is 6. The number of amides is 2. The highest BCUT2D eigenvalue weighted by Gasteiger charge is 2.25. The SMILES string of the molecule is CCN(CC)C(=O)c1cc2cc(O)c(O)c(C)c2cc1C(=O)N(CC)CC. The van der Waals surface area contributed by atoms with E-state index >= 15 is 0 Å². The lowest BCUT2D eigenvalue weighted by Gasteiger charge is -2.24. The second-order valence-corrected chi connectivity index (χ2v) is 6.44. The molecule has 0 saturated carbocycles. The predicted molar refractivity (Wildman–Crippen MR) is 107 cm³/mol. The van der Waals surface area contributed by atoms with Crippen molar-refractivity contribution >= 4 is 22.6 Å². The third kappa shape index (κ3) is 3.70. The van der Waals surface area contributed by atoms with Crippen molar-refractivity contribution in [3.63, 3.8) is 0 Å². The third-order valence-electron chi connectivity index (χ3n) is 5.05. The van der Waals surface area contributed by atoms with Gasteiger partial charge in [0.15, 0.2) is 11.5 Å². The molecule has 2 N–H and O–H groups in total. The zero-order valence-corrected chi connectivity index (χ0v) is 16.7. The number of carbonyl (C=O) groups excluding carboxylic acids is 2. The van der Waals surface area contributed by atoms with Gasteiger partial charge >= 0.3 is 0 Å². The number of phenols is 2.